The van der Waals surface area contributed by atoms with Crippen molar-refractivity contribution < 1.29 is 18.3 Å². The van der Waals surface area contributed by atoms with Crippen LogP contribution in [0.15, 0.2) is 0 Å². The van der Waals surface area contributed by atoms with Crippen molar-refractivity contribution in [3.8, 4) is 0 Å². The van der Waals surface area contributed by atoms with E-state index in [0.717, 1.165) is 11.8 Å². The zero-order valence-electron chi connectivity index (χ0n) is 7.69. The lowest BCUT2D eigenvalue weighted by atomic mass is 10.5. The third-order valence-electron chi connectivity index (χ3n) is 1.55. The number of hydrogen-bond donors (Lipinski definition) is 1. The lowest BCUT2D eigenvalue weighted by Gasteiger charge is -2.05. The molecule has 0 saturated carbocycles. The van der Waals surface area contributed by atoms with Crippen molar-refractivity contribution in [1.82, 2.24) is 0 Å². The van der Waals surface area contributed by atoms with Crippen LogP contribution in [-0.2, 0) is 14.6 Å². The van der Waals surface area contributed by atoms with E-state index in [-0.39, 0.29) is 11.5 Å². The molecular weight excluding hydrogens is 212 g/mol. The normalized spacial score (nSPS) is 14.0. The van der Waals surface area contributed by atoms with Crippen LogP contribution in [0.3, 0.4) is 0 Å². The summed E-state index contributed by atoms with van der Waals surface area (Å²) in [6.07, 6.45) is 0. The first-order valence-electron chi connectivity index (χ1n) is 3.94. The van der Waals surface area contributed by atoms with Gasteiger partial charge in [-0.25, -0.2) is 8.42 Å². The quantitative estimate of drug-likeness (QED) is 0.719. The van der Waals surface area contributed by atoms with Crippen LogP contribution < -0.4 is 0 Å². The second-order valence-corrected chi connectivity index (χ2v) is 6.51. The lowest BCUT2D eigenvalue weighted by Crippen LogP contribution is -2.16. The highest BCUT2D eigenvalue weighted by molar-refractivity contribution is 8.01. The van der Waals surface area contributed by atoms with Crippen LogP contribution in [-0.4, -0.2) is 42.0 Å². The zero-order valence-corrected chi connectivity index (χ0v) is 9.32. The van der Waals surface area contributed by atoms with Gasteiger partial charge in [0.25, 0.3) is 0 Å². The van der Waals surface area contributed by atoms with Crippen molar-refractivity contribution >= 4 is 27.6 Å². The van der Waals surface area contributed by atoms with Gasteiger partial charge in [-0.15, -0.1) is 11.8 Å². The van der Waals surface area contributed by atoms with E-state index in [9.17, 15) is 13.2 Å². The summed E-state index contributed by atoms with van der Waals surface area (Å²) in [6, 6.07) is 0. The van der Waals surface area contributed by atoms with Gasteiger partial charge in [-0.3, -0.25) is 4.79 Å². The summed E-state index contributed by atoms with van der Waals surface area (Å²) in [5.41, 5.74) is 0. The first-order chi connectivity index (χ1) is 5.89. The molecule has 0 amide bonds. The Bertz CT molecular complexity index is 258. The number of sulfone groups is 1. The molecule has 0 saturated heterocycles. The molecule has 0 aliphatic rings. The Morgan fingerprint density at radius 1 is 1.54 bits per heavy atom. The molecule has 4 nitrogen and oxygen atoms in total. The van der Waals surface area contributed by atoms with Crippen LogP contribution in [0.25, 0.3) is 0 Å². The number of carbonyl (C=O) groups is 1. The van der Waals surface area contributed by atoms with Crippen LogP contribution in [0.1, 0.15) is 13.8 Å². The highest BCUT2D eigenvalue weighted by atomic mass is 32.2. The Balaban J connectivity index is 3.75. The number of carboxylic acids is 1. The van der Waals surface area contributed by atoms with Gasteiger partial charge in [0, 0.05) is 11.5 Å². The summed E-state index contributed by atoms with van der Waals surface area (Å²) in [4.78, 5) is 10.4. The number of rotatable bonds is 6. The van der Waals surface area contributed by atoms with E-state index >= 15 is 0 Å². The van der Waals surface area contributed by atoms with Crippen LogP contribution in [0, 0.1) is 0 Å². The molecule has 0 heterocycles. The zero-order chi connectivity index (χ0) is 10.5. The fraction of sp³-hybridized carbons (Fsp3) is 0.857. The molecule has 6 heteroatoms. The summed E-state index contributed by atoms with van der Waals surface area (Å²) in [5, 5.41) is 7.96. The van der Waals surface area contributed by atoms with E-state index in [1.165, 1.54) is 0 Å². The first-order valence-corrected chi connectivity index (χ1v) is 6.81. The van der Waals surface area contributed by atoms with Crippen molar-refractivity contribution in [1.29, 1.82) is 0 Å². The summed E-state index contributed by atoms with van der Waals surface area (Å²) in [6.45, 7) is 3.13. The fourth-order valence-electron chi connectivity index (χ4n) is 0.567. The molecule has 1 N–H and O–H groups in total. The Morgan fingerprint density at radius 2 is 2.08 bits per heavy atom. The van der Waals surface area contributed by atoms with E-state index < -0.39 is 21.1 Å². The first kappa shape index (κ1) is 12.8. The van der Waals surface area contributed by atoms with Crippen LogP contribution >= 0.6 is 11.8 Å². The molecule has 0 rings (SSSR count). The van der Waals surface area contributed by atoms with E-state index in [1.807, 2.05) is 0 Å². The van der Waals surface area contributed by atoms with E-state index in [0.29, 0.717) is 5.75 Å². The number of carboxylic acid groups (broad SMARTS) is 1. The summed E-state index contributed by atoms with van der Waals surface area (Å²) >= 11 is 1.15. The molecule has 78 valence electrons. The van der Waals surface area contributed by atoms with Crippen molar-refractivity contribution in [3.05, 3.63) is 0 Å². The Kier molecular flexibility index (Phi) is 5.39. The molecule has 0 aromatic heterocycles. The molecule has 13 heavy (non-hydrogen) atoms. The molecule has 0 fully saturated rings. The summed E-state index contributed by atoms with van der Waals surface area (Å²) in [5.74, 6) is -0.372. The molecule has 0 unspecified atom stereocenters. The number of aliphatic carboxylic acids is 1. The Hall–Kier alpha value is -0.230. The minimum Gasteiger partial charge on any atom is -0.480 e. The van der Waals surface area contributed by atoms with E-state index in [4.69, 9.17) is 5.11 Å². The summed E-state index contributed by atoms with van der Waals surface area (Å²) < 4.78 is 22.0. The van der Waals surface area contributed by atoms with Gasteiger partial charge in [0.1, 0.15) is 0 Å². The summed E-state index contributed by atoms with van der Waals surface area (Å²) in [7, 11) is -2.95. The SMILES string of the molecule is CCS(=O)(=O)CCS[C@@H](C)C(=O)O. The maximum atomic E-state index is 11.0. The van der Waals surface area contributed by atoms with Gasteiger partial charge in [-0.1, -0.05) is 6.92 Å². The van der Waals surface area contributed by atoms with Crippen molar-refractivity contribution in [2.24, 2.45) is 0 Å². The molecule has 0 aliphatic heterocycles. The predicted octanol–water partition coefficient (Wildman–Crippen LogP) is 0.627. The van der Waals surface area contributed by atoms with E-state index in [1.54, 1.807) is 13.8 Å². The molecule has 0 aliphatic carbocycles. The standard InChI is InChI=1S/C7H14O4S2/c1-3-13(10,11)5-4-12-6(2)7(8)9/h6H,3-5H2,1-2H3,(H,8,9)/t6-/m0/s1. The highest BCUT2D eigenvalue weighted by Crippen LogP contribution is 2.10. The van der Waals surface area contributed by atoms with Crippen molar-refractivity contribution in [2.75, 3.05) is 17.3 Å². The van der Waals surface area contributed by atoms with Crippen LogP contribution in [0.4, 0.5) is 0 Å². The largest absolute Gasteiger partial charge is 0.480 e. The molecule has 0 radical (unpaired) electrons. The molecule has 1 atom stereocenters. The highest BCUT2D eigenvalue weighted by Gasteiger charge is 2.13. The van der Waals surface area contributed by atoms with Crippen molar-refractivity contribution in [3.63, 3.8) is 0 Å². The van der Waals surface area contributed by atoms with Gasteiger partial charge in [0.2, 0.25) is 0 Å². The topological polar surface area (TPSA) is 71.4 Å². The average Bonchev–Trinajstić information content (AvgIpc) is 2.04. The monoisotopic (exact) mass is 226 g/mol. The molecule has 0 spiro atoms. The van der Waals surface area contributed by atoms with Gasteiger partial charge in [0.15, 0.2) is 9.84 Å². The number of hydrogen-bond acceptors (Lipinski definition) is 4. The van der Waals surface area contributed by atoms with Gasteiger partial charge >= 0.3 is 5.97 Å². The molecular formula is C7H14O4S2. The van der Waals surface area contributed by atoms with Gasteiger partial charge < -0.3 is 5.11 Å². The maximum absolute atomic E-state index is 11.0. The second-order valence-electron chi connectivity index (χ2n) is 2.59. The third-order valence-corrected chi connectivity index (χ3v) is 4.66. The fourth-order valence-corrected chi connectivity index (χ4v) is 2.75. The number of thioether (sulfide) groups is 1. The molecule has 0 aromatic carbocycles. The predicted molar refractivity (Wildman–Crippen MR) is 53.9 cm³/mol. The van der Waals surface area contributed by atoms with Crippen LogP contribution in [0.2, 0.25) is 0 Å². The van der Waals surface area contributed by atoms with Crippen molar-refractivity contribution in [2.45, 2.75) is 19.1 Å². The minimum absolute atomic E-state index is 0.0613. The minimum atomic E-state index is -2.95. The maximum Gasteiger partial charge on any atom is 0.316 e. The molecule has 0 bridgehead atoms. The lowest BCUT2D eigenvalue weighted by molar-refractivity contribution is -0.136. The van der Waals surface area contributed by atoms with E-state index in [2.05, 4.69) is 0 Å². The molecule has 0 aromatic rings. The Labute approximate surface area is 82.6 Å². The van der Waals surface area contributed by atoms with Crippen LogP contribution in [0.5, 0.6) is 0 Å². The second kappa shape index (κ2) is 5.49. The smallest absolute Gasteiger partial charge is 0.316 e. The third kappa shape index (κ3) is 5.93. The van der Waals surface area contributed by atoms with Gasteiger partial charge in [-0.05, 0) is 6.92 Å². The van der Waals surface area contributed by atoms with Gasteiger partial charge in [-0.2, -0.15) is 0 Å². The Morgan fingerprint density at radius 3 is 2.46 bits per heavy atom. The van der Waals surface area contributed by atoms with Gasteiger partial charge in [0.05, 0.1) is 11.0 Å². The average molecular weight is 226 g/mol.